The summed E-state index contributed by atoms with van der Waals surface area (Å²) in [5, 5.41) is 8.35. The summed E-state index contributed by atoms with van der Waals surface area (Å²) in [6.07, 6.45) is 1.42. The Kier molecular flexibility index (Phi) is 2.23. The van der Waals surface area contributed by atoms with Gasteiger partial charge < -0.3 is 5.73 Å². The third-order valence-corrected chi connectivity index (χ3v) is 3.62. The van der Waals surface area contributed by atoms with Crippen molar-refractivity contribution in [3.8, 4) is 11.4 Å². The molecule has 0 radical (unpaired) electrons. The number of benzene rings is 1. The summed E-state index contributed by atoms with van der Waals surface area (Å²) >= 11 is 0. The molecule has 0 saturated heterocycles. The predicted octanol–water partition coefficient (Wildman–Crippen LogP) is 1.09. The first-order valence-corrected chi connectivity index (χ1v) is 5.93. The Morgan fingerprint density at radius 3 is 2.72 bits per heavy atom. The number of carbonyl (C=O) groups excluding carboxylic acids is 1. The maximum atomic E-state index is 11.7. The lowest BCUT2D eigenvalue weighted by atomic mass is 9.98. The fourth-order valence-electron chi connectivity index (χ4n) is 2.47. The second-order valence-corrected chi connectivity index (χ2v) is 4.78. The summed E-state index contributed by atoms with van der Waals surface area (Å²) in [6.45, 7) is 1.85. The average molecular weight is 242 g/mol. The molecule has 2 N–H and O–H groups in total. The van der Waals surface area contributed by atoms with E-state index in [4.69, 9.17) is 5.73 Å². The van der Waals surface area contributed by atoms with Crippen molar-refractivity contribution in [3.63, 3.8) is 0 Å². The summed E-state index contributed by atoms with van der Waals surface area (Å²) in [7, 11) is 0. The van der Waals surface area contributed by atoms with Gasteiger partial charge in [-0.05, 0) is 13.3 Å². The van der Waals surface area contributed by atoms with Crippen LogP contribution < -0.4 is 5.73 Å². The lowest BCUT2D eigenvalue weighted by Gasteiger charge is -2.23. The van der Waals surface area contributed by atoms with Crippen LogP contribution in [0.25, 0.3) is 11.4 Å². The number of amides is 1. The van der Waals surface area contributed by atoms with Crippen molar-refractivity contribution in [3.05, 3.63) is 36.2 Å². The molecule has 2 heterocycles. The molecule has 0 bridgehead atoms. The number of aryl methyl sites for hydroxylation is 1. The highest BCUT2D eigenvalue weighted by Crippen LogP contribution is 2.35. The predicted molar refractivity (Wildman–Crippen MR) is 66.6 cm³/mol. The van der Waals surface area contributed by atoms with Gasteiger partial charge in [-0.15, -0.1) is 10.2 Å². The number of fused-ring (bicyclic) bond motifs is 1. The Labute approximate surface area is 105 Å². The van der Waals surface area contributed by atoms with Crippen LogP contribution in [0.15, 0.2) is 30.3 Å². The molecular weight excluding hydrogens is 228 g/mol. The molecule has 1 aliphatic rings. The van der Waals surface area contributed by atoms with Gasteiger partial charge in [0, 0.05) is 12.0 Å². The van der Waals surface area contributed by atoms with E-state index in [1.165, 1.54) is 0 Å². The van der Waals surface area contributed by atoms with Gasteiger partial charge in [-0.25, -0.2) is 0 Å². The van der Waals surface area contributed by atoms with Crippen LogP contribution in [0.5, 0.6) is 0 Å². The van der Waals surface area contributed by atoms with Crippen molar-refractivity contribution < 1.29 is 4.79 Å². The normalized spacial score (nSPS) is 21.8. The van der Waals surface area contributed by atoms with E-state index in [1.54, 1.807) is 0 Å². The highest BCUT2D eigenvalue weighted by atomic mass is 16.1. The molecule has 0 saturated carbocycles. The van der Waals surface area contributed by atoms with Crippen LogP contribution in [0.2, 0.25) is 0 Å². The minimum atomic E-state index is -0.718. The van der Waals surface area contributed by atoms with E-state index in [9.17, 15) is 4.79 Å². The fraction of sp³-hybridized carbons (Fsp3) is 0.308. The number of nitrogens with two attached hydrogens (primary N) is 1. The van der Waals surface area contributed by atoms with Crippen molar-refractivity contribution in [2.45, 2.75) is 25.3 Å². The zero-order chi connectivity index (χ0) is 12.8. The third-order valence-electron chi connectivity index (χ3n) is 3.62. The molecule has 3 rings (SSSR count). The Morgan fingerprint density at radius 1 is 1.33 bits per heavy atom. The maximum absolute atomic E-state index is 11.7. The van der Waals surface area contributed by atoms with Crippen molar-refractivity contribution in [2.75, 3.05) is 0 Å². The van der Waals surface area contributed by atoms with Gasteiger partial charge in [0.25, 0.3) is 0 Å². The van der Waals surface area contributed by atoms with E-state index < -0.39 is 5.54 Å². The monoisotopic (exact) mass is 242 g/mol. The lowest BCUT2D eigenvalue weighted by molar-refractivity contribution is -0.125. The number of primary amides is 1. The van der Waals surface area contributed by atoms with Gasteiger partial charge in [0.15, 0.2) is 5.82 Å². The Hall–Kier alpha value is -2.17. The second kappa shape index (κ2) is 3.66. The molecule has 1 amide bonds. The van der Waals surface area contributed by atoms with Crippen molar-refractivity contribution in [1.82, 2.24) is 14.8 Å². The Bertz CT molecular complexity index is 605. The van der Waals surface area contributed by atoms with Crippen LogP contribution in [-0.2, 0) is 16.8 Å². The molecule has 1 aromatic carbocycles. The van der Waals surface area contributed by atoms with Crippen molar-refractivity contribution >= 4 is 5.91 Å². The third kappa shape index (κ3) is 1.37. The zero-order valence-corrected chi connectivity index (χ0v) is 10.1. The van der Waals surface area contributed by atoms with Crippen LogP contribution >= 0.6 is 0 Å². The molecule has 2 aromatic rings. The highest BCUT2D eigenvalue weighted by molar-refractivity contribution is 5.83. The van der Waals surface area contributed by atoms with E-state index in [0.29, 0.717) is 12.2 Å². The van der Waals surface area contributed by atoms with E-state index in [1.807, 2.05) is 41.8 Å². The number of carbonyl (C=O) groups is 1. The number of hydrogen-bond donors (Lipinski definition) is 1. The van der Waals surface area contributed by atoms with Crippen LogP contribution in [0.3, 0.4) is 0 Å². The molecular formula is C13H14N4O. The molecule has 0 aliphatic carbocycles. The summed E-state index contributed by atoms with van der Waals surface area (Å²) in [5.74, 6) is 1.21. The summed E-state index contributed by atoms with van der Waals surface area (Å²) in [6, 6.07) is 9.73. The van der Waals surface area contributed by atoms with Gasteiger partial charge in [-0.1, -0.05) is 30.3 Å². The fourth-order valence-corrected chi connectivity index (χ4v) is 2.47. The minimum absolute atomic E-state index is 0.335. The quantitative estimate of drug-likeness (QED) is 0.856. The zero-order valence-electron chi connectivity index (χ0n) is 10.1. The van der Waals surface area contributed by atoms with Gasteiger partial charge in [-0.3, -0.25) is 9.36 Å². The van der Waals surface area contributed by atoms with Gasteiger partial charge in [0.2, 0.25) is 5.91 Å². The van der Waals surface area contributed by atoms with Gasteiger partial charge in [-0.2, -0.15) is 0 Å². The Morgan fingerprint density at radius 2 is 2.06 bits per heavy atom. The highest BCUT2D eigenvalue weighted by Gasteiger charge is 2.42. The van der Waals surface area contributed by atoms with Crippen molar-refractivity contribution in [1.29, 1.82) is 0 Å². The van der Waals surface area contributed by atoms with Gasteiger partial charge >= 0.3 is 0 Å². The van der Waals surface area contributed by atoms with E-state index in [0.717, 1.165) is 17.8 Å². The van der Waals surface area contributed by atoms with Crippen LogP contribution in [0.1, 0.15) is 19.2 Å². The van der Waals surface area contributed by atoms with Crippen LogP contribution in [-0.4, -0.2) is 20.7 Å². The summed E-state index contributed by atoms with van der Waals surface area (Å²) < 4.78 is 1.88. The molecule has 1 unspecified atom stereocenters. The molecule has 5 heteroatoms. The van der Waals surface area contributed by atoms with Gasteiger partial charge in [0.05, 0.1) is 0 Å². The molecule has 5 nitrogen and oxygen atoms in total. The maximum Gasteiger partial charge on any atom is 0.243 e. The topological polar surface area (TPSA) is 73.8 Å². The first-order valence-electron chi connectivity index (χ1n) is 5.93. The number of rotatable bonds is 2. The van der Waals surface area contributed by atoms with Gasteiger partial charge in [0.1, 0.15) is 11.4 Å². The lowest BCUT2D eigenvalue weighted by Crippen LogP contribution is -2.41. The van der Waals surface area contributed by atoms with Crippen molar-refractivity contribution in [2.24, 2.45) is 5.73 Å². The molecule has 0 spiro atoms. The molecule has 0 fully saturated rings. The summed E-state index contributed by atoms with van der Waals surface area (Å²) in [4.78, 5) is 11.7. The first-order chi connectivity index (χ1) is 8.63. The molecule has 1 aliphatic heterocycles. The summed E-state index contributed by atoms with van der Waals surface area (Å²) in [5.41, 5.74) is 5.77. The SMILES string of the molecule is CC1(C(N)=O)CCc2nnc(-c3ccccc3)n21. The number of hydrogen-bond acceptors (Lipinski definition) is 3. The van der Waals surface area contributed by atoms with E-state index in [2.05, 4.69) is 10.2 Å². The van der Waals surface area contributed by atoms with E-state index >= 15 is 0 Å². The largest absolute Gasteiger partial charge is 0.368 e. The number of nitrogens with zero attached hydrogens (tertiary/aromatic N) is 3. The Balaban J connectivity index is 2.19. The standard InChI is InChI=1S/C13H14N4O/c1-13(12(14)18)8-7-10-15-16-11(17(10)13)9-5-3-2-4-6-9/h2-6H,7-8H2,1H3,(H2,14,18). The van der Waals surface area contributed by atoms with E-state index in [-0.39, 0.29) is 5.91 Å². The second-order valence-electron chi connectivity index (χ2n) is 4.78. The first kappa shape index (κ1) is 11.0. The molecule has 92 valence electrons. The molecule has 1 aromatic heterocycles. The molecule has 18 heavy (non-hydrogen) atoms. The van der Waals surface area contributed by atoms with Crippen LogP contribution in [0.4, 0.5) is 0 Å². The van der Waals surface area contributed by atoms with Crippen LogP contribution in [0, 0.1) is 0 Å². The smallest absolute Gasteiger partial charge is 0.243 e. The minimum Gasteiger partial charge on any atom is -0.368 e. The average Bonchev–Trinajstić information content (AvgIpc) is 2.93. The molecule has 1 atom stereocenters. The number of aromatic nitrogens is 3.